The molecule has 0 aromatic heterocycles. The predicted molar refractivity (Wildman–Crippen MR) is 82.0 cm³/mol. The lowest BCUT2D eigenvalue weighted by molar-refractivity contribution is -0.191. The summed E-state index contributed by atoms with van der Waals surface area (Å²) in [4.78, 5) is 16.2. The van der Waals surface area contributed by atoms with Gasteiger partial charge in [0.2, 0.25) is 10.0 Å². The van der Waals surface area contributed by atoms with Gasteiger partial charge in [-0.3, -0.25) is 4.31 Å². The standard InChI is InChI=1S/C14H17NO3S.CO2/c1-15(12-8-10-13(18-2)11-9-12)19(16,17)14-6-4-3-5-7-14;2-1-3/h3-6,8-11,14H,7H2,1-2H3;. The van der Waals surface area contributed by atoms with Crippen LogP contribution in [0.3, 0.4) is 0 Å². The van der Waals surface area contributed by atoms with Crippen LogP contribution in [0.25, 0.3) is 0 Å². The smallest absolute Gasteiger partial charge is 0.373 e. The van der Waals surface area contributed by atoms with E-state index < -0.39 is 15.3 Å². The van der Waals surface area contributed by atoms with Crippen molar-refractivity contribution in [1.82, 2.24) is 0 Å². The molecule has 0 spiro atoms. The molecule has 0 saturated carbocycles. The molecule has 22 heavy (non-hydrogen) atoms. The van der Waals surface area contributed by atoms with Crippen LogP contribution >= 0.6 is 0 Å². The maximum atomic E-state index is 12.5. The number of hydrogen-bond acceptors (Lipinski definition) is 5. The van der Waals surface area contributed by atoms with E-state index >= 15 is 0 Å². The molecule has 2 rings (SSSR count). The largest absolute Gasteiger partial charge is 0.497 e. The van der Waals surface area contributed by atoms with Gasteiger partial charge in [0.15, 0.2) is 0 Å². The fourth-order valence-electron chi connectivity index (χ4n) is 1.92. The number of allylic oxidation sites excluding steroid dienone is 3. The first-order valence-electron chi connectivity index (χ1n) is 6.41. The zero-order valence-corrected chi connectivity index (χ0v) is 13.1. The lowest BCUT2D eigenvalue weighted by atomic mass is 10.2. The average molecular weight is 323 g/mol. The fraction of sp³-hybridized carbons (Fsp3) is 0.267. The highest BCUT2D eigenvalue weighted by atomic mass is 32.2. The van der Waals surface area contributed by atoms with Crippen LogP contribution in [0.2, 0.25) is 0 Å². The second-order valence-corrected chi connectivity index (χ2v) is 6.56. The lowest BCUT2D eigenvalue weighted by Gasteiger charge is -2.24. The normalized spacial score (nSPS) is 16.2. The lowest BCUT2D eigenvalue weighted by Crippen LogP contribution is -2.35. The predicted octanol–water partition coefficient (Wildman–Crippen LogP) is 1.76. The molecule has 0 heterocycles. The Hall–Kier alpha value is -2.37. The van der Waals surface area contributed by atoms with Crippen LogP contribution in [0, 0.1) is 0 Å². The van der Waals surface area contributed by atoms with Crippen LogP contribution < -0.4 is 9.04 Å². The Morgan fingerprint density at radius 1 is 1.18 bits per heavy atom. The summed E-state index contributed by atoms with van der Waals surface area (Å²) < 4.78 is 31.3. The molecule has 0 bridgehead atoms. The topological polar surface area (TPSA) is 80.8 Å². The number of ether oxygens (including phenoxy) is 1. The molecule has 6 nitrogen and oxygen atoms in total. The molecule has 1 unspecified atom stereocenters. The van der Waals surface area contributed by atoms with Gasteiger partial charge in [-0.15, -0.1) is 0 Å². The molecule has 0 N–H and O–H groups in total. The summed E-state index contributed by atoms with van der Waals surface area (Å²) in [6.07, 6.45) is 7.98. The van der Waals surface area contributed by atoms with Crippen molar-refractivity contribution in [2.45, 2.75) is 11.7 Å². The summed E-state index contributed by atoms with van der Waals surface area (Å²) >= 11 is 0. The maximum absolute atomic E-state index is 12.5. The zero-order valence-electron chi connectivity index (χ0n) is 12.3. The Morgan fingerprint density at radius 3 is 2.23 bits per heavy atom. The quantitative estimate of drug-likeness (QED) is 0.843. The fourth-order valence-corrected chi connectivity index (χ4v) is 3.39. The Kier molecular flexibility index (Phi) is 6.56. The number of carbonyl (C=O) groups excluding carboxylic acids is 2. The van der Waals surface area contributed by atoms with Crippen molar-refractivity contribution in [2.75, 3.05) is 18.5 Å². The molecule has 118 valence electrons. The second-order valence-electron chi connectivity index (χ2n) is 4.38. The second kappa shape index (κ2) is 8.17. The summed E-state index contributed by atoms with van der Waals surface area (Å²) in [5, 5.41) is -0.496. The number of anilines is 1. The van der Waals surface area contributed by atoms with E-state index in [1.165, 1.54) is 4.31 Å². The van der Waals surface area contributed by atoms with Crippen molar-refractivity contribution < 1.29 is 22.7 Å². The SMILES string of the molecule is COc1ccc(N(C)S(=O)(=O)C2C=CC=CC2)cc1.O=C=O. The van der Waals surface area contributed by atoms with Gasteiger partial charge in [0.25, 0.3) is 0 Å². The van der Waals surface area contributed by atoms with Crippen LogP contribution in [0.4, 0.5) is 5.69 Å². The van der Waals surface area contributed by atoms with Gasteiger partial charge in [0.1, 0.15) is 11.0 Å². The Morgan fingerprint density at radius 2 is 1.77 bits per heavy atom. The Bertz CT molecular complexity index is 670. The minimum atomic E-state index is -3.38. The molecule has 0 aliphatic heterocycles. The summed E-state index contributed by atoms with van der Waals surface area (Å²) in [7, 11) is -0.229. The van der Waals surface area contributed by atoms with Gasteiger partial charge in [0.05, 0.1) is 12.8 Å². The van der Waals surface area contributed by atoms with Crippen molar-refractivity contribution in [2.24, 2.45) is 0 Å². The maximum Gasteiger partial charge on any atom is 0.373 e. The molecule has 1 atom stereocenters. The van der Waals surface area contributed by atoms with E-state index in [0.717, 1.165) is 0 Å². The van der Waals surface area contributed by atoms with Crippen LogP contribution in [-0.2, 0) is 19.6 Å². The minimum absolute atomic E-state index is 0.250. The number of nitrogens with zero attached hydrogens (tertiary/aromatic N) is 1. The Labute approximate surface area is 129 Å². The van der Waals surface area contributed by atoms with E-state index in [2.05, 4.69) is 0 Å². The number of rotatable bonds is 4. The molecule has 1 aliphatic carbocycles. The first kappa shape index (κ1) is 17.7. The number of sulfonamides is 1. The third-order valence-electron chi connectivity index (χ3n) is 3.14. The van der Waals surface area contributed by atoms with E-state index in [1.54, 1.807) is 50.6 Å². The highest BCUT2D eigenvalue weighted by molar-refractivity contribution is 7.93. The van der Waals surface area contributed by atoms with E-state index in [1.807, 2.05) is 12.2 Å². The van der Waals surface area contributed by atoms with Gasteiger partial charge < -0.3 is 4.74 Å². The van der Waals surface area contributed by atoms with Crippen molar-refractivity contribution in [1.29, 1.82) is 0 Å². The highest BCUT2D eigenvalue weighted by Crippen LogP contribution is 2.24. The van der Waals surface area contributed by atoms with Crippen molar-refractivity contribution in [3.8, 4) is 5.75 Å². The van der Waals surface area contributed by atoms with E-state index in [4.69, 9.17) is 14.3 Å². The first-order valence-corrected chi connectivity index (χ1v) is 7.92. The van der Waals surface area contributed by atoms with Crippen LogP contribution in [0.5, 0.6) is 5.75 Å². The van der Waals surface area contributed by atoms with Crippen molar-refractivity contribution in [3.05, 3.63) is 48.6 Å². The molecule has 1 aromatic rings. The van der Waals surface area contributed by atoms with Crippen LogP contribution in [0.1, 0.15) is 6.42 Å². The molecule has 1 aromatic carbocycles. The molecule has 0 amide bonds. The van der Waals surface area contributed by atoms with Crippen molar-refractivity contribution in [3.63, 3.8) is 0 Å². The monoisotopic (exact) mass is 323 g/mol. The summed E-state index contributed by atoms with van der Waals surface area (Å²) in [5.74, 6) is 0.704. The number of benzene rings is 1. The van der Waals surface area contributed by atoms with E-state index in [0.29, 0.717) is 17.9 Å². The molecular weight excluding hydrogens is 306 g/mol. The first-order chi connectivity index (χ1) is 10.5. The highest BCUT2D eigenvalue weighted by Gasteiger charge is 2.27. The van der Waals surface area contributed by atoms with E-state index in [9.17, 15) is 8.42 Å². The third-order valence-corrected chi connectivity index (χ3v) is 5.23. The van der Waals surface area contributed by atoms with Gasteiger partial charge >= 0.3 is 6.15 Å². The van der Waals surface area contributed by atoms with E-state index in [-0.39, 0.29) is 6.15 Å². The minimum Gasteiger partial charge on any atom is -0.497 e. The summed E-state index contributed by atoms with van der Waals surface area (Å²) in [5.41, 5.74) is 0.628. The average Bonchev–Trinajstić information content (AvgIpc) is 2.56. The van der Waals surface area contributed by atoms with Gasteiger partial charge in [0, 0.05) is 7.05 Å². The van der Waals surface area contributed by atoms with Crippen molar-refractivity contribution >= 4 is 21.9 Å². The summed E-state index contributed by atoms with van der Waals surface area (Å²) in [6, 6.07) is 6.97. The molecule has 7 heteroatoms. The molecule has 0 radical (unpaired) electrons. The van der Waals surface area contributed by atoms with Gasteiger partial charge in [-0.1, -0.05) is 24.3 Å². The number of hydrogen-bond donors (Lipinski definition) is 0. The van der Waals surface area contributed by atoms with Gasteiger partial charge in [-0.05, 0) is 30.7 Å². The molecule has 0 fully saturated rings. The Balaban J connectivity index is 0.000000745. The van der Waals surface area contributed by atoms with Crippen LogP contribution in [0.15, 0.2) is 48.6 Å². The molecular formula is C15H17NO5S. The molecule has 1 aliphatic rings. The summed E-state index contributed by atoms with van der Waals surface area (Å²) in [6.45, 7) is 0. The number of methoxy groups -OCH3 is 1. The zero-order chi connectivity index (χ0) is 16.6. The van der Waals surface area contributed by atoms with Gasteiger partial charge in [-0.25, -0.2) is 8.42 Å². The van der Waals surface area contributed by atoms with Gasteiger partial charge in [-0.2, -0.15) is 9.59 Å². The third kappa shape index (κ3) is 4.31. The van der Waals surface area contributed by atoms with Crippen LogP contribution in [-0.4, -0.2) is 34.0 Å². The molecule has 0 saturated heterocycles.